The zero-order valence-electron chi connectivity index (χ0n) is 10.6. The van der Waals surface area contributed by atoms with Crippen LogP contribution in [0.25, 0.3) is 0 Å². The van der Waals surface area contributed by atoms with Crippen LogP contribution >= 0.6 is 11.6 Å². The van der Waals surface area contributed by atoms with E-state index in [9.17, 15) is 0 Å². The standard InChI is InChI=1S/C8H25ClO2Si5/c1-3-10-16(11-4-2)14-12-13-15(16)8-6-5-7-9/h15H,3-8,12-14H2,1-2H3. The Kier molecular flexibility index (Phi) is 8.07. The van der Waals surface area contributed by atoms with Crippen LogP contribution in [-0.2, 0) is 8.85 Å². The first-order valence-corrected chi connectivity index (χ1v) is 25.2. The van der Waals surface area contributed by atoms with Gasteiger partial charge in [0.2, 0.25) is 0 Å². The van der Waals surface area contributed by atoms with Crippen molar-refractivity contribution in [2.75, 3.05) is 19.1 Å². The molecule has 1 atom stereocenters. The van der Waals surface area contributed by atoms with Gasteiger partial charge in [0.15, 0.2) is 0 Å². The largest absolute Gasteiger partial charge is 0.400 e. The Hall–Kier alpha value is 1.29. The molecule has 0 aliphatic carbocycles. The van der Waals surface area contributed by atoms with Gasteiger partial charge in [0.1, 0.15) is 0 Å². The monoisotopic (exact) mass is 328 g/mol. The van der Waals surface area contributed by atoms with E-state index in [1.165, 1.54) is 18.9 Å². The summed E-state index contributed by atoms with van der Waals surface area (Å²) in [5.41, 5.74) is 0. The number of rotatable bonds is 8. The molecule has 96 valence electrons. The number of alkyl halides is 1. The average Bonchev–Trinajstić information content (AvgIpc) is 2.63. The normalized spacial score (nSPS) is 28.3. The quantitative estimate of drug-likeness (QED) is 0.329. The molecule has 0 aromatic carbocycles. The summed E-state index contributed by atoms with van der Waals surface area (Å²) >= 11 is 5.77. The second kappa shape index (κ2) is 8.41. The minimum Gasteiger partial charge on any atom is -0.400 e. The fourth-order valence-corrected chi connectivity index (χ4v) is 188. The first-order chi connectivity index (χ1) is 7.79. The molecule has 8 heteroatoms. The molecule has 0 spiro atoms. The van der Waals surface area contributed by atoms with Crippen molar-refractivity contribution in [1.82, 2.24) is 0 Å². The van der Waals surface area contributed by atoms with Crippen LogP contribution in [0.5, 0.6) is 0 Å². The van der Waals surface area contributed by atoms with Crippen LogP contribution < -0.4 is 0 Å². The third-order valence-electron chi connectivity index (χ3n) is 3.41. The van der Waals surface area contributed by atoms with Crippen molar-refractivity contribution in [3.63, 3.8) is 0 Å². The molecule has 1 unspecified atom stereocenters. The Labute approximate surface area is 113 Å². The molecule has 0 radical (unpaired) electrons. The van der Waals surface area contributed by atoms with Crippen LogP contribution in [0.3, 0.4) is 0 Å². The SMILES string of the molecule is CCO[Si]1(OCC)[SiH2][SiH2][SiH2][SiH]1CCCCCl. The molecular weight excluding hydrogens is 304 g/mol. The zero-order chi connectivity index (χ0) is 11.9. The molecule has 2 nitrogen and oxygen atoms in total. The van der Waals surface area contributed by atoms with Gasteiger partial charge in [0.05, 0.1) is 16.4 Å². The van der Waals surface area contributed by atoms with Gasteiger partial charge < -0.3 is 8.85 Å². The fourth-order valence-electron chi connectivity index (χ4n) is 2.78. The third kappa shape index (κ3) is 4.19. The number of hydrogen-bond donors (Lipinski definition) is 0. The molecular formula is C8H25ClO2Si5. The highest BCUT2D eigenvalue weighted by Crippen LogP contribution is 2.19. The molecule has 0 aromatic heterocycles. The first-order valence-electron chi connectivity index (χ1n) is 6.63. The lowest BCUT2D eigenvalue weighted by atomic mass is 10.4. The fraction of sp³-hybridized carbons (Fsp3) is 1.00. The zero-order valence-corrected chi connectivity index (χ0v) is 17.8. The topological polar surface area (TPSA) is 18.5 Å². The minimum absolute atomic E-state index is 0.170. The van der Waals surface area contributed by atoms with E-state index in [4.69, 9.17) is 20.5 Å². The highest BCUT2D eigenvalue weighted by atomic mass is 35.5. The molecule has 1 rings (SSSR count). The van der Waals surface area contributed by atoms with Gasteiger partial charge in [0.25, 0.3) is 7.60 Å². The lowest BCUT2D eigenvalue weighted by Gasteiger charge is -2.32. The van der Waals surface area contributed by atoms with Crippen molar-refractivity contribution in [3.05, 3.63) is 0 Å². The number of halogens is 1. The summed E-state index contributed by atoms with van der Waals surface area (Å²) in [5, 5.41) is 0. The summed E-state index contributed by atoms with van der Waals surface area (Å²) in [6, 6.07) is 1.52. The van der Waals surface area contributed by atoms with Gasteiger partial charge in [-0.1, -0.05) is 12.5 Å². The van der Waals surface area contributed by atoms with Gasteiger partial charge in [0, 0.05) is 27.6 Å². The summed E-state index contributed by atoms with van der Waals surface area (Å²) in [4.78, 5) is 0. The van der Waals surface area contributed by atoms with Crippen LogP contribution in [0.4, 0.5) is 0 Å². The van der Waals surface area contributed by atoms with E-state index in [1.807, 2.05) is 0 Å². The lowest BCUT2D eigenvalue weighted by Crippen LogP contribution is -2.59. The van der Waals surface area contributed by atoms with Crippen molar-refractivity contribution >= 4 is 52.7 Å². The molecule has 0 N–H and O–H groups in total. The molecule has 1 aliphatic rings. The van der Waals surface area contributed by atoms with E-state index >= 15 is 0 Å². The van der Waals surface area contributed by atoms with E-state index < -0.39 is 15.4 Å². The van der Waals surface area contributed by atoms with E-state index in [0.717, 1.165) is 19.1 Å². The molecule has 1 heterocycles. The maximum absolute atomic E-state index is 6.25. The highest BCUT2D eigenvalue weighted by molar-refractivity contribution is 7.87. The third-order valence-corrected chi connectivity index (χ3v) is 95.8. The Morgan fingerprint density at radius 2 is 1.88 bits per heavy atom. The summed E-state index contributed by atoms with van der Waals surface area (Å²) in [6.45, 7) is 6.16. The summed E-state index contributed by atoms with van der Waals surface area (Å²) in [5.74, 6) is 0.843. The summed E-state index contributed by atoms with van der Waals surface area (Å²) < 4.78 is 12.5. The van der Waals surface area contributed by atoms with E-state index in [-0.39, 0.29) is 8.55 Å². The van der Waals surface area contributed by atoms with Crippen molar-refractivity contribution in [3.8, 4) is 0 Å². The van der Waals surface area contributed by atoms with Crippen LogP contribution in [0, 0.1) is 0 Å². The molecule has 0 saturated carbocycles. The predicted molar refractivity (Wildman–Crippen MR) is 86.5 cm³/mol. The van der Waals surface area contributed by atoms with Gasteiger partial charge in [-0.05, 0) is 28.8 Å². The van der Waals surface area contributed by atoms with E-state index in [2.05, 4.69) is 13.8 Å². The van der Waals surface area contributed by atoms with Crippen LogP contribution in [-0.4, -0.2) is 60.2 Å². The van der Waals surface area contributed by atoms with E-state index in [0.29, 0.717) is 17.1 Å². The Balaban J connectivity index is 2.50. The van der Waals surface area contributed by atoms with E-state index in [1.54, 1.807) is 0 Å². The first kappa shape index (κ1) is 15.4. The summed E-state index contributed by atoms with van der Waals surface area (Å²) in [7, 11) is -0.956. The Bertz CT molecular complexity index is 191. The van der Waals surface area contributed by atoms with Gasteiger partial charge in [-0.25, -0.2) is 0 Å². The van der Waals surface area contributed by atoms with Crippen molar-refractivity contribution in [2.45, 2.75) is 32.7 Å². The summed E-state index contributed by atoms with van der Waals surface area (Å²) in [6.07, 6.45) is 2.58. The van der Waals surface area contributed by atoms with Crippen LogP contribution in [0.1, 0.15) is 26.7 Å². The highest BCUT2D eigenvalue weighted by Gasteiger charge is 2.49. The van der Waals surface area contributed by atoms with Crippen molar-refractivity contribution < 1.29 is 8.85 Å². The maximum atomic E-state index is 6.25. The molecule has 1 fully saturated rings. The molecule has 0 aromatic rings. The molecule has 16 heavy (non-hydrogen) atoms. The lowest BCUT2D eigenvalue weighted by molar-refractivity contribution is 0.220. The molecule has 0 amide bonds. The minimum atomic E-state index is -1.45. The second-order valence-electron chi connectivity index (χ2n) is 4.45. The van der Waals surface area contributed by atoms with Crippen LogP contribution in [0.2, 0.25) is 6.04 Å². The van der Waals surface area contributed by atoms with Crippen molar-refractivity contribution in [2.24, 2.45) is 0 Å². The average molecular weight is 329 g/mol. The van der Waals surface area contributed by atoms with Crippen molar-refractivity contribution in [1.29, 1.82) is 0 Å². The molecule has 1 aliphatic heterocycles. The van der Waals surface area contributed by atoms with Gasteiger partial charge >= 0.3 is 0 Å². The number of unbranched alkanes of at least 4 members (excludes halogenated alkanes) is 1. The number of hydrogen-bond acceptors (Lipinski definition) is 2. The second-order valence-corrected chi connectivity index (χ2v) is 48.1. The maximum Gasteiger partial charge on any atom is 0.278 e. The Morgan fingerprint density at radius 1 is 1.19 bits per heavy atom. The van der Waals surface area contributed by atoms with Gasteiger partial charge in [-0.3, -0.25) is 0 Å². The Morgan fingerprint density at radius 3 is 2.44 bits per heavy atom. The smallest absolute Gasteiger partial charge is 0.278 e. The van der Waals surface area contributed by atoms with Gasteiger partial charge in [-0.2, -0.15) is 0 Å². The molecule has 0 bridgehead atoms. The predicted octanol–water partition coefficient (Wildman–Crippen LogP) is -0.831. The van der Waals surface area contributed by atoms with Crippen LogP contribution in [0.15, 0.2) is 0 Å². The molecule has 1 saturated heterocycles. The van der Waals surface area contributed by atoms with Gasteiger partial charge in [-0.15, -0.1) is 11.6 Å².